The molecule has 1 saturated carbocycles. The van der Waals surface area contributed by atoms with Crippen LogP contribution in [-0.2, 0) is 46.9 Å². The minimum absolute atomic E-state index is 0.00612. The van der Waals surface area contributed by atoms with Crippen LogP contribution in [0, 0.1) is 5.41 Å². The fourth-order valence-corrected chi connectivity index (χ4v) is 15.6. The molecule has 7 heterocycles. The molecule has 5 aliphatic heterocycles. The molecule has 4 aromatic rings. The number of aromatic nitrogens is 3. The molecular weight excluding hydrogens is 1040 g/mol. The van der Waals surface area contributed by atoms with Crippen LogP contribution in [0.4, 0.5) is 34.4 Å². The number of aliphatic hydroxyl groups is 1. The number of amides is 3. The largest absolute Gasteiger partial charge is 0.470 e. The average molecular weight is 1120 g/mol. The van der Waals surface area contributed by atoms with Crippen LogP contribution in [0.3, 0.4) is 0 Å². The molecule has 3 amide bonds. The van der Waals surface area contributed by atoms with E-state index in [1.807, 2.05) is 40.1 Å². The molecule has 6 atom stereocenters. The molecule has 2 aliphatic carbocycles. The van der Waals surface area contributed by atoms with Gasteiger partial charge in [-0.2, -0.15) is 0 Å². The number of nitrogens with one attached hydrogen (secondary N) is 2. The number of aryl methyl sites for hydroxylation is 1. The lowest BCUT2D eigenvalue weighted by atomic mass is 9.83. The van der Waals surface area contributed by atoms with E-state index in [0.29, 0.717) is 75.1 Å². The van der Waals surface area contributed by atoms with Crippen molar-refractivity contribution in [2.45, 2.75) is 167 Å². The van der Waals surface area contributed by atoms with Gasteiger partial charge in [0.15, 0.2) is 5.82 Å². The SMILES string of the molecule is C=CC(=O)Nc1cc(Nc2nc(N3CCC[C@@H](N4CCn5c(cc6c5CC(C)(C)C6)C4=O)[C@@H]3C(C)O)cn(C)c2=O)ccc1N1CCN(C2CCN(c3cccc4c3CN(C3CCC(C)(OP(=O)(O)O)CC3)C4=O)[C@@H](C)C2)C[C@@H]1C. The van der Waals surface area contributed by atoms with E-state index < -0.39 is 25.6 Å². The summed E-state index contributed by atoms with van der Waals surface area (Å²) in [7, 11) is -2.95. The van der Waals surface area contributed by atoms with Crippen molar-refractivity contribution in [1.29, 1.82) is 0 Å². The van der Waals surface area contributed by atoms with E-state index in [9.17, 15) is 38.6 Å². The van der Waals surface area contributed by atoms with Gasteiger partial charge in [-0.05, 0) is 145 Å². The Morgan fingerprint density at radius 3 is 2.33 bits per heavy atom. The third kappa shape index (κ3) is 10.7. The Morgan fingerprint density at radius 2 is 1.61 bits per heavy atom. The normalized spacial score (nSPS) is 27.4. The van der Waals surface area contributed by atoms with Crippen molar-refractivity contribution in [3.63, 3.8) is 0 Å². The van der Waals surface area contributed by atoms with E-state index in [0.717, 1.165) is 92.9 Å². The van der Waals surface area contributed by atoms with Crippen molar-refractivity contribution in [2.24, 2.45) is 12.5 Å². The number of rotatable bonds is 13. The maximum Gasteiger partial charge on any atom is 0.470 e. The first-order valence-corrected chi connectivity index (χ1v) is 30.4. The quantitative estimate of drug-likeness (QED) is 0.0688. The molecule has 3 saturated heterocycles. The van der Waals surface area contributed by atoms with Crippen LogP contribution in [-0.4, -0.2) is 149 Å². The zero-order valence-corrected chi connectivity index (χ0v) is 48.3. The molecule has 0 spiro atoms. The Balaban J connectivity index is 0.751. The van der Waals surface area contributed by atoms with E-state index >= 15 is 0 Å². The van der Waals surface area contributed by atoms with Crippen LogP contribution in [0.15, 0.2) is 66.1 Å². The van der Waals surface area contributed by atoms with Crippen molar-refractivity contribution < 1.29 is 38.4 Å². The van der Waals surface area contributed by atoms with E-state index in [1.54, 1.807) is 27.1 Å². The Morgan fingerprint density at radius 1 is 0.863 bits per heavy atom. The minimum atomic E-state index is -4.63. The van der Waals surface area contributed by atoms with Gasteiger partial charge >= 0.3 is 7.82 Å². The van der Waals surface area contributed by atoms with Gasteiger partial charge in [-0.3, -0.25) is 28.6 Å². The number of fused-ring (bicyclic) bond motifs is 4. The highest BCUT2D eigenvalue weighted by atomic mass is 31.2. The summed E-state index contributed by atoms with van der Waals surface area (Å²) in [6.45, 7) is 21.8. The van der Waals surface area contributed by atoms with Gasteiger partial charge in [0.05, 0.1) is 35.2 Å². The Hall–Kier alpha value is -6.02. The predicted octanol–water partition coefficient (Wildman–Crippen LogP) is 6.78. The molecule has 21 heteroatoms. The second-order valence-electron chi connectivity index (χ2n) is 25.0. The van der Waals surface area contributed by atoms with E-state index in [-0.39, 0.29) is 58.7 Å². The molecule has 80 heavy (non-hydrogen) atoms. The van der Waals surface area contributed by atoms with Gasteiger partial charge in [-0.1, -0.05) is 26.5 Å². The van der Waals surface area contributed by atoms with Crippen LogP contribution in [0.5, 0.6) is 0 Å². The first kappa shape index (κ1) is 55.9. The van der Waals surface area contributed by atoms with Gasteiger partial charge in [-0.15, -0.1) is 0 Å². The lowest BCUT2D eigenvalue weighted by molar-refractivity contribution is -0.111. The van der Waals surface area contributed by atoms with Gasteiger partial charge in [0.2, 0.25) is 5.91 Å². The monoisotopic (exact) mass is 1120 g/mol. The van der Waals surface area contributed by atoms with Crippen LogP contribution >= 0.6 is 7.82 Å². The lowest BCUT2D eigenvalue weighted by Gasteiger charge is -2.49. The predicted molar refractivity (Wildman–Crippen MR) is 309 cm³/mol. The molecule has 2 unspecified atom stereocenters. The minimum Gasteiger partial charge on any atom is -0.391 e. The number of phosphoric ester groups is 1. The summed E-state index contributed by atoms with van der Waals surface area (Å²) in [5, 5.41) is 17.8. The third-order valence-corrected chi connectivity index (χ3v) is 19.3. The second-order valence-corrected chi connectivity index (χ2v) is 26.1. The van der Waals surface area contributed by atoms with E-state index in [4.69, 9.17) is 9.51 Å². The summed E-state index contributed by atoms with van der Waals surface area (Å²) >= 11 is 0. The summed E-state index contributed by atoms with van der Waals surface area (Å²) < 4.78 is 20.5. The van der Waals surface area contributed by atoms with Crippen molar-refractivity contribution in [3.05, 3.63) is 99.7 Å². The molecule has 20 nitrogen and oxygen atoms in total. The molecule has 0 bridgehead atoms. The van der Waals surface area contributed by atoms with E-state index in [2.05, 4.69) is 81.2 Å². The van der Waals surface area contributed by atoms with E-state index in [1.165, 1.54) is 21.9 Å². The smallest absolute Gasteiger partial charge is 0.391 e. The number of hydrogen-bond acceptors (Lipinski definition) is 13. The van der Waals surface area contributed by atoms with Gasteiger partial charge in [0.1, 0.15) is 11.5 Å². The van der Waals surface area contributed by atoms with Crippen LogP contribution in [0.25, 0.3) is 0 Å². The number of nitrogens with zero attached hydrogens (tertiary/aromatic N) is 9. The fraction of sp³-hybridized carbons (Fsp3) is 0.576. The number of carbonyl (C=O) groups is 3. The zero-order chi connectivity index (χ0) is 56.7. The lowest BCUT2D eigenvalue weighted by Crippen LogP contribution is -2.62. The number of carbonyl (C=O) groups excluding carboxylic acids is 3. The summed E-state index contributed by atoms with van der Waals surface area (Å²) in [6, 6.07) is 13.7. The highest BCUT2D eigenvalue weighted by Gasteiger charge is 2.46. The molecule has 2 aromatic heterocycles. The maximum atomic E-state index is 14.3. The Kier molecular flexibility index (Phi) is 14.9. The number of piperidine rings is 2. The van der Waals surface area contributed by atoms with Gasteiger partial charge in [-0.25, -0.2) is 9.55 Å². The van der Waals surface area contributed by atoms with Crippen molar-refractivity contribution in [3.8, 4) is 0 Å². The van der Waals surface area contributed by atoms with Crippen molar-refractivity contribution in [1.82, 2.24) is 28.8 Å². The first-order valence-electron chi connectivity index (χ1n) is 28.8. The molecule has 0 radical (unpaired) electrons. The average Bonchev–Trinajstić information content (AvgIpc) is 4.25. The van der Waals surface area contributed by atoms with Crippen LogP contribution < -0.4 is 30.9 Å². The van der Waals surface area contributed by atoms with Gasteiger partial charge in [0.25, 0.3) is 17.4 Å². The molecule has 7 aliphatic rings. The number of piperazine rings is 1. The number of aliphatic hydroxyl groups excluding tert-OH is 1. The third-order valence-electron chi connectivity index (χ3n) is 18.7. The standard InChI is InChI=1S/C59H80N11O9P/c1-9-52(72)61-45-30-40(60-54-57(75)63(8)35-51(62-54)69-22-11-14-48(53(69)38(4)71)68-27-26-67-49(56(68)74)29-39-31-58(5,6)32-50(39)67)15-16-47(45)66-25-24-64(33-37(66)3)42-19-23-65(36(2)28-42)46-13-10-12-43-44(46)34-70(55(43)73)41-17-20-59(7,21-18-41)79-80(76,77)78/h9-10,12-13,15-16,29-30,35-38,41-42,48,53,71H,1,11,14,17-28,31-34H2,2-8H3,(H,60,62)(H,61,72)(H2,76,77,78)/t36-,37-,38?,41?,42?,48+,53-,59?/m0/s1. The second kappa shape index (κ2) is 21.4. The Bertz CT molecular complexity index is 3200. The molecule has 2 aromatic carbocycles. The number of anilines is 6. The zero-order valence-electron chi connectivity index (χ0n) is 47.4. The molecule has 11 rings (SSSR count). The fourth-order valence-electron chi connectivity index (χ4n) is 14.8. The number of hydrogen-bond donors (Lipinski definition) is 5. The maximum absolute atomic E-state index is 14.3. The first-order chi connectivity index (χ1) is 38.0. The van der Waals surface area contributed by atoms with Crippen LogP contribution in [0.1, 0.15) is 131 Å². The molecule has 4 fully saturated rings. The molecule has 430 valence electrons. The number of benzene rings is 2. The van der Waals surface area contributed by atoms with Gasteiger partial charge in [0, 0.05) is 118 Å². The van der Waals surface area contributed by atoms with Crippen LogP contribution in [0.2, 0.25) is 0 Å². The Labute approximate surface area is 469 Å². The summed E-state index contributed by atoms with van der Waals surface area (Å²) in [4.78, 5) is 92.4. The van der Waals surface area contributed by atoms with Gasteiger partial charge < -0.3 is 59.2 Å². The number of phosphoric acid groups is 1. The molecular formula is C59H80N11O9P. The summed E-state index contributed by atoms with van der Waals surface area (Å²) in [6.07, 6.45) is 9.58. The highest BCUT2D eigenvalue weighted by molar-refractivity contribution is 7.46. The topological polar surface area (TPSA) is 222 Å². The highest BCUT2D eigenvalue weighted by Crippen LogP contribution is 2.48. The summed E-state index contributed by atoms with van der Waals surface area (Å²) in [5.41, 5.74) is 7.01. The molecule has 5 N–H and O–H groups in total. The summed E-state index contributed by atoms with van der Waals surface area (Å²) in [5.74, 6) is 0.243. The van der Waals surface area contributed by atoms with Crippen molar-refractivity contribution in [2.75, 3.05) is 64.6 Å². The van der Waals surface area contributed by atoms with Crippen molar-refractivity contribution >= 4 is 59.9 Å².